The van der Waals surface area contributed by atoms with Crippen molar-refractivity contribution in [2.24, 2.45) is 0 Å². The number of aryl methyl sites for hydroxylation is 1. The van der Waals surface area contributed by atoms with Crippen molar-refractivity contribution in [1.29, 1.82) is 0 Å². The topological polar surface area (TPSA) is 57.8 Å². The molecule has 1 aliphatic rings. The van der Waals surface area contributed by atoms with Crippen molar-refractivity contribution in [2.75, 3.05) is 0 Å². The number of rotatable bonds is 4. The summed E-state index contributed by atoms with van der Waals surface area (Å²) in [4.78, 5) is 19.9. The number of benzene rings is 1. The number of nitrogens with one attached hydrogen (secondary N) is 2. The van der Waals surface area contributed by atoms with E-state index in [1.54, 1.807) is 0 Å². The first kappa shape index (κ1) is 14.1. The van der Waals surface area contributed by atoms with Gasteiger partial charge in [-0.3, -0.25) is 4.79 Å². The van der Waals surface area contributed by atoms with Crippen molar-refractivity contribution in [3.63, 3.8) is 0 Å². The van der Waals surface area contributed by atoms with Crippen LogP contribution in [0.2, 0.25) is 0 Å². The second kappa shape index (κ2) is 6.29. The number of aromatic amines is 1. The fourth-order valence-corrected chi connectivity index (χ4v) is 3.10. The van der Waals surface area contributed by atoms with E-state index in [2.05, 4.69) is 22.2 Å². The number of amides is 1. The van der Waals surface area contributed by atoms with Gasteiger partial charge in [0.05, 0.1) is 17.5 Å². The minimum atomic E-state index is 0.136. The number of imidazole rings is 1. The van der Waals surface area contributed by atoms with Gasteiger partial charge < -0.3 is 10.3 Å². The van der Waals surface area contributed by atoms with Crippen LogP contribution in [-0.4, -0.2) is 21.9 Å². The van der Waals surface area contributed by atoms with Crippen molar-refractivity contribution >= 4 is 16.9 Å². The van der Waals surface area contributed by atoms with E-state index in [-0.39, 0.29) is 5.91 Å². The Kier molecular flexibility index (Phi) is 4.23. The number of carbonyl (C=O) groups is 1. The van der Waals surface area contributed by atoms with Crippen LogP contribution in [0.4, 0.5) is 0 Å². The summed E-state index contributed by atoms with van der Waals surface area (Å²) in [5.74, 6) is 1.13. The summed E-state index contributed by atoms with van der Waals surface area (Å²) in [7, 11) is 0. The Morgan fingerprint density at radius 2 is 2.14 bits per heavy atom. The highest BCUT2D eigenvalue weighted by atomic mass is 16.1. The summed E-state index contributed by atoms with van der Waals surface area (Å²) in [5, 5.41) is 3.17. The van der Waals surface area contributed by atoms with Gasteiger partial charge in [-0.25, -0.2) is 4.98 Å². The molecule has 1 aromatic heterocycles. The van der Waals surface area contributed by atoms with Crippen LogP contribution in [0.3, 0.4) is 0 Å². The van der Waals surface area contributed by atoms with Gasteiger partial charge in [0.2, 0.25) is 5.91 Å². The zero-order valence-corrected chi connectivity index (χ0v) is 12.6. The number of H-pyrrole nitrogens is 1. The molecule has 1 heterocycles. The lowest BCUT2D eigenvalue weighted by Gasteiger charge is -2.22. The lowest BCUT2D eigenvalue weighted by Crippen LogP contribution is -2.37. The second-order valence-corrected chi connectivity index (χ2v) is 5.97. The van der Waals surface area contributed by atoms with E-state index in [0.29, 0.717) is 12.5 Å². The zero-order valence-electron chi connectivity index (χ0n) is 12.6. The third kappa shape index (κ3) is 3.43. The molecule has 2 N–H and O–H groups in total. The maximum absolute atomic E-state index is 12.1. The minimum Gasteiger partial charge on any atom is -0.353 e. The molecule has 0 spiro atoms. The molecular formula is C17H23N3O. The van der Waals surface area contributed by atoms with Gasteiger partial charge in [-0.15, -0.1) is 0 Å². The molecule has 0 bridgehead atoms. The Morgan fingerprint density at radius 3 is 2.90 bits per heavy atom. The van der Waals surface area contributed by atoms with Crippen molar-refractivity contribution < 1.29 is 4.79 Å². The molecule has 2 aromatic rings. The fraction of sp³-hybridized carbons (Fsp3) is 0.529. The van der Waals surface area contributed by atoms with E-state index >= 15 is 0 Å². The van der Waals surface area contributed by atoms with E-state index in [1.165, 1.54) is 19.3 Å². The SMILES string of the molecule is CCc1nc2ccc(CC(=O)NC3CCCCC3)cc2[nH]1. The van der Waals surface area contributed by atoms with Crippen LogP contribution in [0.25, 0.3) is 11.0 Å². The zero-order chi connectivity index (χ0) is 14.7. The monoisotopic (exact) mass is 285 g/mol. The van der Waals surface area contributed by atoms with Crippen LogP contribution in [0.15, 0.2) is 18.2 Å². The van der Waals surface area contributed by atoms with Gasteiger partial charge in [0.1, 0.15) is 5.82 Å². The fourth-order valence-electron chi connectivity index (χ4n) is 3.10. The highest BCUT2D eigenvalue weighted by Crippen LogP contribution is 2.18. The van der Waals surface area contributed by atoms with Crippen LogP contribution in [0, 0.1) is 0 Å². The summed E-state index contributed by atoms with van der Waals surface area (Å²) < 4.78 is 0. The number of aromatic nitrogens is 2. The lowest BCUT2D eigenvalue weighted by atomic mass is 9.95. The standard InChI is InChI=1S/C17H23N3O/c1-2-16-19-14-9-8-12(10-15(14)20-16)11-17(21)18-13-6-4-3-5-7-13/h8-10,13H,2-7,11H2,1H3,(H,18,21)(H,19,20). The average molecular weight is 285 g/mol. The van der Waals surface area contributed by atoms with Crippen LogP contribution in [-0.2, 0) is 17.6 Å². The predicted octanol–water partition coefficient (Wildman–Crippen LogP) is 3.12. The van der Waals surface area contributed by atoms with Gasteiger partial charge in [0.15, 0.2) is 0 Å². The van der Waals surface area contributed by atoms with E-state index in [4.69, 9.17) is 0 Å². The number of carbonyl (C=O) groups excluding carboxylic acids is 1. The molecule has 112 valence electrons. The molecule has 1 fully saturated rings. The first-order chi connectivity index (χ1) is 10.2. The largest absolute Gasteiger partial charge is 0.353 e. The quantitative estimate of drug-likeness (QED) is 0.906. The summed E-state index contributed by atoms with van der Waals surface area (Å²) >= 11 is 0. The first-order valence-corrected chi connectivity index (χ1v) is 8.01. The van der Waals surface area contributed by atoms with Crippen LogP contribution >= 0.6 is 0 Å². The summed E-state index contributed by atoms with van der Waals surface area (Å²) in [6.45, 7) is 2.08. The average Bonchev–Trinajstić information content (AvgIpc) is 2.90. The molecule has 0 aliphatic heterocycles. The van der Waals surface area contributed by atoms with Crippen LogP contribution in [0.5, 0.6) is 0 Å². The molecule has 1 aromatic carbocycles. The number of hydrogen-bond donors (Lipinski definition) is 2. The number of hydrogen-bond acceptors (Lipinski definition) is 2. The third-order valence-electron chi connectivity index (χ3n) is 4.27. The molecule has 1 aliphatic carbocycles. The van der Waals surface area contributed by atoms with E-state index in [0.717, 1.165) is 41.7 Å². The highest BCUT2D eigenvalue weighted by molar-refractivity contribution is 5.82. The Bertz CT molecular complexity index is 626. The third-order valence-corrected chi connectivity index (χ3v) is 4.27. The van der Waals surface area contributed by atoms with Gasteiger partial charge in [-0.05, 0) is 30.5 Å². The number of fused-ring (bicyclic) bond motifs is 1. The molecule has 0 saturated heterocycles. The van der Waals surface area contributed by atoms with Gasteiger partial charge in [-0.1, -0.05) is 32.3 Å². The molecule has 0 atom stereocenters. The molecule has 4 heteroatoms. The van der Waals surface area contributed by atoms with Crippen molar-refractivity contribution in [1.82, 2.24) is 15.3 Å². The van der Waals surface area contributed by atoms with Crippen LogP contribution in [0.1, 0.15) is 50.4 Å². The van der Waals surface area contributed by atoms with Crippen molar-refractivity contribution in [3.05, 3.63) is 29.6 Å². The number of nitrogens with zero attached hydrogens (tertiary/aromatic N) is 1. The smallest absolute Gasteiger partial charge is 0.224 e. The normalized spacial score (nSPS) is 16.2. The van der Waals surface area contributed by atoms with E-state index < -0.39 is 0 Å². The summed E-state index contributed by atoms with van der Waals surface area (Å²) in [6.07, 6.45) is 7.40. The molecule has 0 unspecified atom stereocenters. The lowest BCUT2D eigenvalue weighted by molar-refractivity contribution is -0.121. The molecule has 3 rings (SSSR count). The minimum absolute atomic E-state index is 0.136. The summed E-state index contributed by atoms with van der Waals surface area (Å²) in [6, 6.07) is 6.42. The van der Waals surface area contributed by atoms with Crippen LogP contribution < -0.4 is 5.32 Å². The highest BCUT2D eigenvalue weighted by Gasteiger charge is 2.16. The molecule has 1 saturated carbocycles. The Hall–Kier alpha value is -1.84. The predicted molar refractivity (Wildman–Crippen MR) is 84.2 cm³/mol. The summed E-state index contributed by atoms with van der Waals surface area (Å²) in [5.41, 5.74) is 3.04. The van der Waals surface area contributed by atoms with Crippen molar-refractivity contribution in [3.8, 4) is 0 Å². The molecular weight excluding hydrogens is 262 g/mol. The second-order valence-electron chi connectivity index (χ2n) is 5.97. The molecule has 21 heavy (non-hydrogen) atoms. The van der Waals surface area contributed by atoms with Gasteiger partial charge in [0, 0.05) is 12.5 Å². The Morgan fingerprint density at radius 1 is 1.33 bits per heavy atom. The Balaban J connectivity index is 1.64. The van der Waals surface area contributed by atoms with E-state index in [9.17, 15) is 4.79 Å². The van der Waals surface area contributed by atoms with E-state index in [1.807, 2.05) is 18.2 Å². The molecule has 1 amide bonds. The van der Waals surface area contributed by atoms with Gasteiger partial charge in [-0.2, -0.15) is 0 Å². The first-order valence-electron chi connectivity index (χ1n) is 8.01. The molecule has 4 nitrogen and oxygen atoms in total. The molecule has 0 radical (unpaired) electrons. The van der Waals surface area contributed by atoms with Crippen molar-refractivity contribution in [2.45, 2.75) is 57.9 Å². The van der Waals surface area contributed by atoms with Gasteiger partial charge in [0.25, 0.3) is 0 Å². The maximum Gasteiger partial charge on any atom is 0.224 e. The van der Waals surface area contributed by atoms with Gasteiger partial charge >= 0.3 is 0 Å². The Labute approximate surface area is 125 Å². The maximum atomic E-state index is 12.1.